The summed E-state index contributed by atoms with van der Waals surface area (Å²) in [5.74, 6) is -1.61. The van der Waals surface area contributed by atoms with Crippen LogP contribution in [0.4, 0.5) is 5.69 Å². The van der Waals surface area contributed by atoms with Crippen molar-refractivity contribution < 1.29 is 14.7 Å². The molecule has 5 nitrogen and oxygen atoms in total. The first-order chi connectivity index (χ1) is 13.1. The highest BCUT2D eigenvalue weighted by Gasteiger charge is 2.23. The van der Waals surface area contributed by atoms with Crippen LogP contribution >= 0.6 is 0 Å². The molecule has 0 aliphatic heterocycles. The second-order valence-corrected chi connectivity index (χ2v) is 6.12. The topological polar surface area (TPSA) is 83.8 Å². The molecule has 4 aromatic rings. The van der Waals surface area contributed by atoms with Gasteiger partial charge in [0.25, 0.3) is 0 Å². The molecule has 0 unspecified atom stereocenters. The van der Waals surface area contributed by atoms with Gasteiger partial charge in [-0.2, -0.15) is 0 Å². The molecule has 0 atom stereocenters. The largest absolute Gasteiger partial charge is 0.478 e. The summed E-state index contributed by atoms with van der Waals surface area (Å²) in [6.07, 6.45) is 0. The third kappa shape index (κ3) is 2.66. The van der Waals surface area contributed by atoms with Gasteiger partial charge in [0.15, 0.2) is 5.78 Å². The number of rotatable bonds is 4. The van der Waals surface area contributed by atoms with Crippen LogP contribution in [0.5, 0.6) is 0 Å². The molecule has 130 valence electrons. The zero-order chi connectivity index (χ0) is 19.0. The molecular weight excluding hydrogens is 342 g/mol. The lowest BCUT2D eigenvalue weighted by molar-refractivity contribution is 0.0699. The number of benzene rings is 4. The standard InChI is InChI=1S/C22H13NO4/c24-21(17-11-5-7-13-6-1-2-8-14(13)17)19-12-18(22(25)26)15-9-3-4-10-16(15)20(19)23-27/h1-12H,(H,25,26). The summed E-state index contributed by atoms with van der Waals surface area (Å²) in [5, 5.41) is 15.0. The second kappa shape index (κ2) is 6.46. The monoisotopic (exact) mass is 355 g/mol. The van der Waals surface area contributed by atoms with E-state index in [0.717, 1.165) is 10.8 Å². The predicted octanol–water partition coefficient (Wildman–Crippen LogP) is 5.32. The van der Waals surface area contributed by atoms with Crippen LogP contribution in [0.25, 0.3) is 21.5 Å². The average Bonchev–Trinajstić information content (AvgIpc) is 2.71. The quantitative estimate of drug-likeness (QED) is 0.397. The van der Waals surface area contributed by atoms with Crippen molar-refractivity contribution in [3.8, 4) is 0 Å². The van der Waals surface area contributed by atoms with E-state index < -0.39 is 11.8 Å². The Morgan fingerprint density at radius 2 is 1.33 bits per heavy atom. The third-order valence-electron chi connectivity index (χ3n) is 4.62. The summed E-state index contributed by atoms with van der Waals surface area (Å²) in [6, 6.07) is 20.5. The van der Waals surface area contributed by atoms with Crippen molar-refractivity contribution in [2.45, 2.75) is 0 Å². The van der Waals surface area contributed by atoms with E-state index in [1.54, 1.807) is 36.4 Å². The van der Waals surface area contributed by atoms with Crippen LogP contribution in [-0.4, -0.2) is 16.9 Å². The summed E-state index contributed by atoms with van der Waals surface area (Å²) >= 11 is 0. The fourth-order valence-corrected chi connectivity index (χ4v) is 3.38. The van der Waals surface area contributed by atoms with Gasteiger partial charge >= 0.3 is 5.97 Å². The number of aromatic carboxylic acids is 1. The molecule has 0 amide bonds. The zero-order valence-electron chi connectivity index (χ0n) is 14.0. The van der Waals surface area contributed by atoms with Gasteiger partial charge in [0.05, 0.1) is 11.1 Å². The maximum Gasteiger partial charge on any atom is 0.336 e. The highest BCUT2D eigenvalue weighted by atomic mass is 16.4. The van der Waals surface area contributed by atoms with E-state index in [1.165, 1.54) is 6.07 Å². The first-order valence-corrected chi connectivity index (χ1v) is 8.26. The Balaban J connectivity index is 2.04. The van der Waals surface area contributed by atoms with Gasteiger partial charge in [-0.1, -0.05) is 66.7 Å². The molecule has 0 saturated carbocycles. The van der Waals surface area contributed by atoms with Gasteiger partial charge < -0.3 is 5.11 Å². The molecule has 4 aromatic carbocycles. The van der Waals surface area contributed by atoms with Crippen LogP contribution in [0.15, 0.2) is 78.0 Å². The number of hydrogen-bond acceptors (Lipinski definition) is 4. The van der Waals surface area contributed by atoms with Crippen molar-refractivity contribution >= 4 is 39.0 Å². The maximum atomic E-state index is 13.3. The third-order valence-corrected chi connectivity index (χ3v) is 4.62. The summed E-state index contributed by atoms with van der Waals surface area (Å²) in [7, 11) is 0. The van der Waals surface area contributed by atoms with E-state index in [9.17, 15) is 19.6 Å². The summed E-state index contributed by atoms with van der Waals surface area (Å²) < 4.78 is 0. The number of nitrogens with zero attached hydrogens (tertiary/aromatic N) is 1. The summed E-state index contributed by atoms with van der Waals surface area (Å²) in [4.78, 5) is 36.6. The van der Waals surface area contributed by atoms with E-state index in [1.807, 2.05) is 30.3 Å². The lowest BCUT2D eigenvalue weighted by Gasteiger charge is -2.11. The van der Waals surface area contributed by atoms with E-state index >= 15 is 0 Å². The van der Waals surface area contributed by atoms with Gasteiger partial charge in [-0.05, 0) is 27.4 Å². The average molecular weight is 355 g/mol. The molecule has 0 radical (unpaired) electrons. The first kappa shape index (κ1) is 16.6. The lowest BCUT2D eigenvalue weighted by Crippen LogP contribution is -2.07. The molecule has 0 heterocycles. The molecule has 0 fully saturated rings. The van der Waals surface area contributed by atoms with Crippen LogP contribution in [-0.2, 0) is 0 Å². The second-order valence-electron chi connectivity index (χ2n) is 6.12. The minimum absolute atomic E-state index is 0.0162. The lowest BCUT2D eigenvalue weighted by atomic mass is 9.92. The molecule has 5 heteroatoms. The first-order valence-electron chi connectivity index (χ1n) is 8.26. The van der Waals surface area contributed by atoms with Crippen LogP contribution < -0.4 is 0 Å². The van der Waals surface area contributed by atoms with Crippen molar-refractivity contribution in [2.24, 2.45) is 5.18 Å². The minimum Gasteiger partial charge on any atom is -0.478 e. The van der Waals surface area contributed by atoms with E-state index in [0.29, 0.717) is 16.3 Å². The van der Waals surface area contributed by atoms with E-state index in [4.69, 9.17) is 0 Å². The number of carbonyl (C=O) groups excluding carboxylic acids is 1. The smallest absolute Gasteiger partial charge is 0.336 e. The van der Waals surface area contributed by atoms with Crippen molar-refractivity contribution in [1.29, 1.82) is 0 Å². The fourth-order valence-electron chi connectivity index (χ4n) is 3.38. The Bertz CT molecular complexity index is 1240. The highest BCUT2D eigenvalue weighted by Crippen LogP contribution is 2.35. The Labute approximate surface area is 153 Å². The van der Waals surface area contributed by atoms with Gasteiger partial charge in [0.1, 0.15) is 5.69 Å². The Kier molecular flexibility index (Phi) is 3.97. The molecule has 0 aliphatic carbocycles. The van der Waals surface area contributed by atoms with Crippen molar-refractivity contribution in [3.63, 3.8) is 0 Å². The van der Waals surface area contributed by atoms with Crippen molar-refractivity contribution in [2.75, 3.05) is 0 Å². The Morgan fingerprint density at radius 1 is 0.704 bits per heavy atom. The molecular formula is C22H13NO4. The van der Waals surface area contributed by atoms with Gasteiger partial charge in [-0.25, -0.2) is 4.79 Å². The number of carboxylic acids is 1. The van der Waals surface area contributed by atoms with Crippen molar-refractivity contribution in [1.82, 2.24) is 0 Å². The Morgan fingerprint density at radius 3 is 2.04 bits per heavy atom. The van der Waals surface area contributed by atoms with Crippen molar-refractivity contribution in [3.05, 3.63) is 94.4 Å². The van der Waals surface area contributed by atoms with Gasteiger partial charge in [-0.3, -0.25) is 4.79 Å². The van der Waals surface area contributed by atoms with Gasteiger partial charge in [0.2, 0.25) is 0 Å². The van der Waals surface area contributed by atoms with Crippen LogP contribution in [0.1, 0.15) is 26.3 Å². The number of fused-ring (bicyclic) bond motifs is 2. The number of nitroso groups, excluding NO2 is 1. The number of hydrogen-bond donors (Lipinski definition) is 1. The fraction of sp³-hybridized carbons (Fsp3) is 0. The molecule has 0 aromatic heterocycles. The van der Waals surface area contributed by atoms with Crippen LogP contribution in [0.3, 0.4) is 0 Å². The number of carboxylic acid groups (broad SMARTS) is 1. The molecule has 0 spiro atoms. The van der Waals surface area contributed by atoms with Gasteiger partial charge in [-0.15, -0.1) is 4.91 Å². The maximum absolute atomic E-state index is 13.3. The van der Waals surface area contributed by atoms with E-state index in [-0.39, 0.29) is 16.8 Å². The summed E-state index contributed by atoms with van der Waals surface area (Å²) in [5.41, 5.74) is 0.289. The van der Waals surface area contributed by atoms with Gasteiger partial charge in [0, 0.05) is 10.9 Å². The predicted molar refractivity (Wildman–Crippen MR) is 104 cm³/mol. The SMILES string of the molecule is O=Nc1c(C(=O)c2cccc3ccccc23)cc(C(=O)O)c2ccccc12. The minimum atomic E-state index is -1.17. The molecule has 1 N–H and O–H groups in total. The molecule has 0 aliphatic rings. The summed E-state index contributed by atoms with van der Waals surface area (Å²) in [6.45, 7) is 0. The zero-order valence-corrected chi connectivity index (χ0v) is 14.0. The van der Waals surface area contributed by atoms with Crippen LogP contribution in [0, 0.1) is 4.91 Å². The number of carbonyl (C=O) groups is 2. The van der Waals surface area contributed by atoms with Crippen LogP contribution in [0.2, 0.25) is 0 Å². The van der Waals surface area contributed by atoms with E-state index in [2.05, 4.69) is 5.18 Å². The highest BCUT2D eigenvalue weighted by molar-refractivity contribution is 6.22. The molecule has 4 rings (SSSR count). The molecule has 0 bridgehead atoms. The number of ketones is 1. The molecule has 27 heavy (non-hydrogen) atoms. The normalized spacial score (nSPS) is 10.8. The molecule has 0 saturated heterocycles. The Hall–Kier alpha value is -3.86.